The number of aliphatic hydroxyl groups is 1. The lowest BCUT2D eigenvalue weighted by Crippen LogP contribution is -2.54. The monoisotopic (exact) mass is 451 g/mol. The number of rotatable bonds is 4. The topological polar surface area (TPSA) is 59.4 Å². The van der Waals surface area contributed by atoms with Crippen LogP contribution in [0, 0.1) is 5.92 Å². The minimum atomic E-state index is -1.91. The molecule has 4 nitrogen and oxygen atoms in total. The van der Waals surface area contributed by atoms with Gasteiger partial charge in [-0.3, -0.25) is 9.78 Å². The van der Waals surface area contributed by atoms with E-state index in [0.717, 1.165) is 25.0 Å². The highest BCUT2D eigenvalue weighted by Gasteiger charge is 2.55. The molecular weight excluding hydrogens is 414 g/mol. The zero-order valence-corrected chi connectivity index (χ0v) is 21.4. The zero-order valence-electron chi connectivity index (χ0n) is 20.4. The van der Waals surface area contributed by atoms with Crippen LogP contribution in [0.25, 0.3) is 0 Å². The van der Waals surface area contributed by atoms with Crippen LogP contribution in [-0.4, -0.2) is 24.2 Å². The number of fused-ring (bicyclic) bond motifs is 3. The largest absolute Gasteiger partial charge is 0.543 e. The first-order valence-electron chi connectivity index (χ1n) is 11.9. The molecule has 1 N–H and O–H groups in total. The Bertz CT molecular complexity index is 1010. The molecule has 3 atom stereocenters. The van der Waals surface area contributed by atoms with Crippen molar-refractivity contribution in [2.24, 2.45) is 5.92 Å². The van der Waals surface area contributed by atoms with Crippen LogP contribution in [0.2, 0.25) is 18.1 Å². The second-order valence-electron chi connectivity index (χ2n) is 11.3. The van der Waals surface area contributed by atoms with E-state index in [-0.39, 0.29) is 22.2 Å². The van der Waals surface area contributed by atoms with E-state index < -0.39 is 13.9 Å². The van der Waals surface area contributed by atoms with Crippen LogP contribution in [0.1, 0.15) is 70.1 Å². The van der Waals surface area contributed by atoms with Crippen LogP contribution < -0.4 is 4.43 Å². The second-order valence-corrected chi connectivity index (χ2v) is 16.1. The fourth-order valence-corrected chi connectivity index (χ4v) is 6.57. The summed E-state index contributed by atoms with van der Waals surface area (Å²) in [6, 6.07) is 10.1. The molecule has 1 saturated carbocycles. The maximum absolute atomic E-state index is 13.4. The summed E-state index contributed by atoms with van der Waals surface area (Å²) < 4.78 is 6.57. The van der Waals surface area contributed by atoms with Crippen LogP contribution in [0.4, 0.5) is 0 Å². The molecule has 0 spiro atoms. The number of benzene rings is 1. The van der Waals surface area contributed by atoms with Crippen molar-refractivity contribution in [3.05, 3.63) is 59.4 Å². The lowest BCUT2D eigenvalue weighted by Gasteiger charge is -2.52. The average molecular weight is 452 g/mol. The molecule has 1 aromatic heterocycles. The number of ketones is 1. The first kappa shape index (κ1) is 23.2. The third-order valence-electron chi connectivity index (χ3n) is 8.60. The molecule has 5 heteroatoms. The van der Waals surface area contributed by atoms with Crippen LogP contribution in [0.5, 0.6) is 5.75 Å². The summed E-state index contributed by atoms with van der Waals surface area (Å²) in [5.41, 5.74) is 1.64. The van der Waals surface area contributed by atoms with Crippen LogP contribution in [0.3, 0.4) is 0 Å². The lowest BCUT2D eigenvalue weighted by atomic mass is 9.52. The van der Waals surface area contributed by atoms with Gasteiger partial charge in [-0.15, -0.1) is 0 Å². The zero-order chi connectivity index (χ0) is 23.4. The summed E-state index contributed by atoms with van der Waals surface area (Å²) in [5.74, 6) is 1.15. The van der Waals surface area contributed by atoms with Crippen molar-refractivity contribution >= 4 is 14.1 Å². The summed E-state index contributed by atoms with van der Waals surface area (Å²) >= 11 is 0. The molecule has 4 rings (SSSR count). The summed E-state index contributed by atoms with van der Waals surface area (Å²) in [7, 11) is -1.91. The van der Waals surface area contributed by atoms with E-state index in [1.165, 1.54) is 11.1 Å². The molecule has 2 aliphatic carbocycles. The van der Waals surface area contributed by atoms with E-state index in [2.05, 4.69) is 64.0 Å². The second kappa shape index (κ2) is 7.81. The van der Waals surface area contributed by atoms with Crippen molar-refractivity contribution in [1.29, 1.82) is 0 Å². The molecule has 0 aliphatic heterocycles. The summed E-state index contributed by atoms with van der Waals surface area (Å²) in [6.45, 7) is 13.5. The number of aromatic nitrogens is 1. The number of nitrogens with zero attached hydrogens (tertiary/aromatic N) is 1. The van der Waals surface area contributed by atoms with Crippen molar-refractivity contribution < 1.29 is 14.3 Å². The summed E-state index contributed by atoms with van der Waals surface area (Å²) in [5, 5.41) is 11.6. The Balaban J connectivity index is 1.68. The van der Waals surface area contributed by atoms with Gasteiger partial charge in [0.15, 0.2) is 5.78 Å². The van der Waals surface area contributed by atoms with Gasteiger partial charge in [-0.25, -0.2) is 0 Å². The quantitative estimate of drug-likeness (QED) is 0.586. The van der Waals surface area contributed by atoms with Crippen LogP contribution in [0.15, 0.2) is 42.7 Å². The van der Waals surface area contributed by atoms with E-state index >= 15 is 0 Å². The van der Waals surface area contributed by atoms with E-state index in [0.29, 0.717) is 18.4 Å². The minimum absolute atomic E-state index is 0.0729. The Labute approximate surface area is 193 Å². The third kappa shape index (κ3) is 3.63. The smallest absolute Gasteiger partial charge is 0.250 e. The van der Waals surface area contributed by atoms with Gasteiger partial charge in [0.25, 0.3) is 0 Å². The van der Waals surface area contributed by atoms with Crippen LogP contribution in [-0.2, 0) is 22.2 Å². The molecule has 0 saturated heterocycles. The van der Waals surface area contributed by atoms with Crippen molar-refractivity contribution in [2.75, 3.05) is 0 Å². The van der Waals surface area contributed by atoms with Crippen molar-refractivity contribution in [3.8, 4) is 5.75 Å². The first-order chi connectivity index (χ1) is 14.9. The maximum Gasteiger partial charge on any atom is 0.250 e. The Morgan fingerprint density at radius 3 is 2.50 bits per heavy atom. The molecule has 1 fully saturated rings. The van der Waals surface area contributed by atoms with E-state index in [9.17, 15) is 9.90 Å². The van der Waals surface area contributed by atoms with Crippen LogP contribution >= 0.6 is 0 Å². The van der Waals surface area contributed by atoms with E-state index in [1.807, 2.05) is 0 Å². The molecule has 32 heavy (non-hydrogen) atoms. The van der Waals surface area contributed by atoms with Crippen molar-refractivity contribution in [3.63, 3.8) is 0 Å². The Morgan fingerprint density at radius 2 is 1.88 bits per heavy atom. The number of aryl methyl sites for hydroxylation is 1. The van der Waals surface area contributed by atoms with Crippen molar-refractivity contribution in [2.45, 2.75) is 88.9 Å². The summed E-state index contributed by atoms with van der Waals surface area (Å²) in [6.07, 6.45) is 6.99. The number of Topliss-reactive ketones (excluding diaryl/α,β-unsaturated/α-hetero) is 1. The molecular formula is C27H37NO3Si. The molecule has 1 heterocycles. The third-order valence-corrected chi connectivity index (χ3v) is 13.0. The predicted molar refractivity (Wildman–Crippen MR) is 130 cm³/mol. The predicted octanol–water partition coefficient (Wildman–Crippen LogP) is 5.93. The minimum Gasteiger partial charge on any atom is -0.543 e. The van der Waals surface area contributed by atoms with E-state index in [4.69, 9.17) is 4.43 Å². The van der Waals surface area contributed by atoms with E-state index in [1.54, 1.807) is 24.5 Å². The molecule has 172 valence electrons. The standard InChI is InChI=1S/C27H37NO3Si/c1-7-26-18-24(29)27(30,20-12-14-28-15-13-20)17-21(26)9-8-19-16-22(10-11-23(19)26)31-32(5,6)25(2,3)4/h10-16,21,30H,7-9,17-18H2,1-6H3/t21-,26-,27-/m1/s1. The number of hydrogen-bond acceptors (Lipinski definition) is 4. The Morgan fingerprint density at radius 1 is 1.19 bits per heavy atom. The first-order valence-corrected chi connectivity index (χ1v) is 14.8. The maximum atomic E-state index is 13.4. The molecule has 0 radical (unpaired) electrons. The van der Waals surface area contributed by atoms with Gasteiger partial charge < -0.3 is 9.53 Å². The van der Waals surface area contributed by atoms with Gasteiger partial charge >= 0.3 is 0 Å². The lowest BCUT2D eigenvalue weighted by molar-refractivity contribution is -0.150. The van der Waals surface area contributed by atoms with Gasteiger partial charge in [0.1, 0.15) is 11.4 Å². The van der Waals surface area contributed by atoms with Gasteiger partial charge in [0.05, 0.1) is 0 Å². The normalized spacial score (nSPS) is 28.1. The fraction of sp³-hybridized carbons (Fsp3) is 0.556. The molecule has 0 bridgehead atoms. The SMILES string of the molecule is CC[C@@]12CC(=O)[C@](O)(c3ccncc3)C[C@H]1CCc1cc(O[Si](C)(C)C(C)(C)C)ccc12. The highest BCUT2D eigenvalue weighted by molar-refractivity contribution is 6.74. The molecule has 2 aromatic rings. The Hall–Kier alpha value is -1.98. The van der Waals surface area contributed by atoms with Gasteiger partial charge in [-0.2, -0.15) is 0 Å². The van der Waals surface area contributed by atoms with Gasteiger partial charge in [-0.05, 0) is 90.7 Å². The number of carbonyl (C=O) groups is 1. The molecule has 0 amide bonds. The Kier molecular flexibility index (Phi) is 5.66. The fourth-order valence-electron chi connectivity index (χ4n) is 5.55. The molecule has 2 aliphatic rings. The van der Waals surface area contributed by atoms with Crippen molar-refractivity contribution in [1.82, 2.24) is 4.98 Å². The number of hydrogen-bond donors (Lipinski definition) is 1. The average Bonchev–Trinajstić information content (AvgIpc) is 2.74. The van der Waals surface area contributed by atoms with Gasteiger partial charge in [0.2, 0.25) is 8.32 Å². The number of pyridine rings is 1. The highest BCUT2D eigenvalue weighted by Crippen LogP contribution is 2.55. The number of carbonyl (C=O) groups excluding carboxylic acids is 1. The molecule has 0 unspecified atom stereocenters. The highest BCUT2D eigenvalue weighted by atomic mass is 28.4. The van der Waals surface area contributed by atoms with Gasteiger partial charge in [0, 0.05) is 24.2 Å². The molecule has 1 aromatic carbocycles. The summed E-state index contributed by atoms with van der Waals surface area (Å²) in [4.78, 5) is 17.5. The van der Waals surface area contributed by atoms with Gasteiger partial charge in [-0.1, -0.05) is 33.8 Å².